The van der Waals surface area contributed by atoms with Gasteiger partial charge in [0.1, 0.15) is 0 Å². The number of aromatic nitrogens is 3. The summed E-state index contributed by atoms with van der Waals surface area (Å²) in [5.74, 6) is 0.108. The summed E-state index contributed by atoms with van der Waals surface area (Å²) in [6.45, 7) is 2.04. The predicted molar refractivity (Wildman–Crippen MR) is 76.6 cm³/mol. The number of hydrogen-bond acceptors (Lipinski definition) is 4. The molecule has 5 nitrogen and oxygen atoms in total. The van der Waals surface area contributed by atoms with E-state index in [1.54, 1.807) is 4.52 Å². The molecular formula is C14H15N5. The Morgan fingerprint density at radius 2 is 2.00 bits per heavy atom. The lowest BCUT2D eigenvalue weighted by atomic mass is 10.1. The molecule has 0 bridgehead atoms. The number of hydrogen-bond donors (Lipinski definition) is 2. The van der Waals surface area contributed by atoms with E-state index in [4.69, 9.17) is 12.8 Å². The molecule has 0 radical (unpaired) electrons. The molecule has 96 valence electrons. The molecule has 0 aliphatic rings. The summed E-state index contributed by atoms with van der Waals surface area (Å²) in [5.41, 5.74) is 15.6. The van der Waals surface area contributed by atoms with Crippen LogP contribution in [0.1, 0.15) is 14.0 Å². The lowest BCUT2D eigenvalue weighted by Gasteiger charge is -2.01. The van der Waals surface area contributed by atoms with Crippen LogP contribution in [0.3, 0.4) is 0 Å². The first-order valence-corrected chi connectivity index (χ1v) is 6.10. The largest absolute Gasteiger partial charge is 0.399 e. The maximum Gasteiger partial charge on any atom is 0.238 e. The van der Waals surface area contributed by atoms with Crippen molar-refractivity contribution in [3.8, 4) is 11.1 Å². The van der Waals surface area contributed by atoms with Gasteiger partial charge in [0, 0.05) is 16.9 Å². The molecule has 19 heavy (non-hydrogen) atoms. The number of rotatable bonds is 2. The van der Waals surface area contributed by atoms with Crippen molar-refractivity contribution in [1.29, 1.82) is 0 Å². The van der Waals surface area contributed by atoms with Crippen LogP contribution < -0.4 is 11.5 Å². The van der Waals surface area contributed by atoms with Crippen LogP contribution in [0, 0.1) is 0 Å². The van der Waals surface area contributed by atoms with Crippen molar-refractivity contribution in [2.45, 2.75) is 13.3 Å². The molecule has 0 aliphatic heterocycles. The highest BCUT2D eigenvalue weighted by Crippen LogP contribution is 2.28. The quantitative estimate of drug-likeness (QED) is 0.686. The van der Waals surface area contributed by atoms with Crippen molar-refractivity contribution in [2.24, 2.45) is 0 Å². The van der Waals surface area contributed by atoms with Crippen LogP contribution in [0.4, 0.5) is 11.6 Å². The van der Waals surface area contributed by atoms with Gasteiger partial charge in [0.2, 0.25) is 5.95 Å². The molecule has 2 aromatic heterocycles. The standard InChI is InChI=1S/C14H15N5/c1-2-11-7-12(9-3-5-10(15)6-4-9)13-8-17-14(16)18-19(11)13/h3-8H,2,15H2,1H3,(H2,16,18)/i8D. The van der Waals surface area contributed by atoms with Crippen molar-refractivity contribution in [3.05, 3.63) is 42.2 Å². The monoisotopic (exact) mass is 254 g/mol. The third kappa shape index (κ3) is 1.89. The first-order chi connectivity index (χ1) is 9.60. The predicted octanol–water partition coefficient (Wildman–Crippen LogP) is 2.12. The molecule has 3 aromatic rings. The molecule has 3 rings (SSSR count). The molecule has 0 saturated carbocycles. The number of fused-ring (bicyclic) bond motifs is 1. The second-order valence-corrected chi connectivity index (χ2v) is 4.37. The highest BCUT2D eigenvalue weighted by molar-refractivity contribution is 5.81. The van der Waals surface area contributed by atoms with Gasteiger partial charge in [-0.25, -0.2) is 9.50 Å². The number of benzene rings is 1. The number of nitrogens with zero attached hydrogens (tertiary/aromatic N) is 3. The van der Waals surface area contributed by atoms with Crippen LogP contribution in [0.2, 0.25) is 0 Å². The van der Waals surface area contributed by atoms with E-state index in [9.17, 15) is 0 Å². The van der Waals surface area contributed by atoms with Gasteiger partial charge in [0.05, 0.1) is 13.1 Å². The number of aryl methyl sites for hydroxylation is 1. The van der Waals surface area contributed by atoms with E-state index >= 15 is 0 Å². The van der Waals surface area contributed by atoms with Crippen molar-refractivity contribution in [1.82, 2.24) is 14.6 Å². The summed E-state index contributed by atoms with van der Waals surface area (Å²) in [4.78, 5) is 3.94. The maximum absolute atomic E-state index is 8.05. The number of nitrogens with two attached hydrogens (primary N) is 2. The van der Waals surface area contributed by atoms with E-state index in [1.165, 1.54) is 0 Å². The van der Waals surface area contributed by atoms with Crippen molar-refractivity contribution in [3.63, 3.8) is 0 Å². The average molecular weight is 254 g/mol. The molecule has 4 N–H and O–H groups in total. The molecule has 0 amide bonds. The second kappa shape index (κ2) is 4.28. The molecule has 0 spiro atoms. The lowest BCUT2D eigenvalue weighted by Crippen LogP contribution is -2.02. The normalized spacial score (nSPS) is 11.7. The second-order valence-electron chi connectivity index (χ2n) is 4.37. The Bertz CT molecular complexity index is 776. The van der Waals surface area contributed by atoms with Crippen LogP contribution in [0.15, 0.2) is 36.5 Å². The Morgan fingerprint density at radius 3 is 2.68 bits per heavy atom. The van der Waals surface area contributed by atoms with E-state index in [-0.39, 0.29) is 12.1 Å². The van der Waals surface area contributed by atoms with Gasteiger partial charge < -0.3 is 11.5 Å². The molecular weight excluding hydrogens is 238 g/mol. The van der Waals surface area contributed by atoms with Gasteiger partial charge in [-0.2, -0.15) is 0 Å². The van der Waals surface area contributed by atoms with E-state index < -0.39 is 0 Å². The Balaban J connectivity index is 2.33. The van der Waals surface area contributed by atoms with Crippen LogP contribution >= 0.6 is 0 Å². The summed E-state index contributed by atoms with van der Waals surface area (Å²) < 4.78 is 9.75. The average Bonchev–Trinajstić information content (AvgIpc) is 2.78. The van der Waals surface area contributed by atoms with E-state index in [0.29, 0.717) is 11.2 Å². The van der Waals surface area contributed by atoms with Gasteiger partial charge in [-0.3, -0.25) is 0 Å². The minimum Gasteiger partial charge on any atom is -0.399 e. The minimum atomic E-state index is 0.108. The SMILES string of the molecule is [2H]c1nc(N)nn2c(CC)cc(-c3ccc(N)cc3)c12. The molecule has 0 fully saturated rings. The fourth-order valence-electron chi connectivity index (χ4n) is 2.15. The summed E-state index contributed by atoms with van der Waals surface area (Å²) in [7, 11) is 0. The van der Waals surface area contributed by atoms with Crippen molar-refractivity contribution in [2.75, 3.05) is 11.5 Å². The minimum absolute atomic E-state index is 0.108. The molecule has 0 atom stereocenters. The van der Waals surface area contributed by atoms with Gasteiger partial charge in [-0.1, -0.05) is 19.1 Å². The van der Waals surface area contributed by atoms with Crippen LogP contribution in [0.5, 0.6) is 0 Å². The summed E-state index contributed by atoms with van der Waals surface area (Å²) in [6, 6.07) is 9.56. The fourth-order valence-corrected chi connectivity index (χ4v) is 2.15. The van der Waals surface area contributed by atoms with Gasteiger partial charge in [-0.05, 0) is 30.2 Å². The van der Waals surface area contributed by atoms with Gasteiger partial charge >= 0.3 is 0 Å². The fraction of sp³-hybridized carbons (Fsp3) is 0.143. The lowest BCUT2D eigenvalue weighted by molar-refractivity contribution is 0.848. The Hall–Kier alpha value is -2.56. The summed E-state index contributed by atoms with van der Waals surface area (Å²) in [5, 5.41) is 4.21. The van der Waals surface area contributed by atoms with Crippen molar-refractivity contribution < 1.29 is 1.37 Å². The Morgan fingerprint density at radius 1 is 1.26 bits per heavy atom. The van der Waals surface area contributed by atoms with Crippen molar-refractivity contribution >= 4 is 17.2 Å². The third-order valence-electron chi connectivity index (χ3n) is 3.11. The first kappa shape index (κ1) is 10.4. The van der Waals surface area contributed by atoms with E-state index in [1.807, 2.05) is 37.3 Å². The molecule has 0 aliphatic carbocycles. The Kier molecular flexibility index (Phi) is 2.33. The van der Waals surface area contributed by atoms with Gasteiger partial charge in [0.15, 0.2) is 0 Å². The summed E-state index contributed by atoms with van der Waals surface area (Å²) >= 11 is 0. The zero-order valence-corrected chi connectivity index (χ0v) is 10.6. The zero-order chi connectivity index (χ0) is 14.3. The topological polar surface area (TPSA) is 82.2 Å². The summed E-state index contributed by atoms with van der Waals surface area (Å²) in [6.07, 6.45) is 0.926. The van der Waals surface area contributed by atoms with Gasteiger partial charge in [0.25, 0.3) is 0 Å². The Labute approximate surface area is 112 Å². The van der Waals surface area contributed by atoms with E-state index in [0.717, 1.165) is 23.2 Å². The molecule has 0 saturated heterocycles. The van der Waals surface area contributed by atoms with Crippen LogP contribution in [-0.2, 0) is 6.42 Å². The molecule has 2 heterocycles. The molecule has 1 aromatic carbocycles. The number of nitrogen functional groups attached to an aromatic ring is 2. The first-order valence-electron chi connectivity index (χ1n) is 6.60. The highest BCUT2D eigenvalue weighted by Gasteiger charge is 2.11. The van der Waals surface area contributed by atoms with Crippen LogP contribution in [0.25, 0.3) is 16.6 Å². The zero-order valence-electron chi connectivity index (χ0n) is 11.6. The molecule has 5 heteroatoms. The maximum atomic E-state index is 8.05. The number of anilines is 2. The smallest absolute Gasteiger partial charge is 0.238 e. The van der Waals surface area contributed by atoms with Crippen LogP contribution in [-0.4, -0.2) is 14.6 Å². The third-order valence-corrected chi connectivity index (χ3v) is 3.11. The van der Waals surface area contributed by atoms with E-state index in [2.05, 4.69) is 10.1 Å². The van der Waals surface area contributed by atoms with Gasteiger partial charge in [-0.15, -0.1) is 5.10 Å². The highest BCUT2D eigenvalue weighted by atomic mass is 15.3. The molecule has 0 unspecified atom stereocenters.